The fourth-order valence-electron chi connectivity index (χ4n) is 3.54. The lowest BCUT2D eigenvalue weighted by Crippen LogP contribution is -2.46. The highest BCUT2D eigenvalue weighted by Gasteiger charge is 2.38. The van der Waals surface area contributed by atoms with Crippen LogP contribution in [-0.2, 0) is 16.6 Å². The summed E-state index contributed by atoms with van der Waals surface area (Å²) in [6.45, 7) is 3.94. The minimum absolute atomic E-state index is 0.00549. The van der Waals surface area contributed by atoms with E-state index in [2.05, 4.69) is 9.62 Å². The largest absolute Gasteiger partial charge is 0.464 e. The van der Waals surface area contributed by atoms with Gasteiger partial charge in [0.2, 0.25) is 10.0 Å². The number of hydrogen-bond donors (Lipinski definition) is 2. The molecule has 2 saturated heterocycles. The monoisotopic (exact) mass is 313 g/mol. The van der Waals surface area contributed by atoms with Crippen LogP contribution in [0.3, 0.4) is 0 Å². The van der Waals surface area contributed by atoms with E-state index in [1.54, 1.807) is 6.92 Å². The van der Waals surface area contributed by atoms with Crippen LogP contribution in [-0.4, -0.2) is 38.5 Å². The zero-order valence-corrected chi connectivity index (χ0v) is 13.2. The van der Waals surface area contributed by atoms with Crippen molar-refractivity contribution in [2.75, 3.05) is 13.1 Å². The molecule has 3 N–H and O–H groups in total. The number of fused-ring (bicyclic) bond motifs is 1. The molecular weight excluding hydrogens is 290 g/mol. The minimum Gasteiger partial charge on any atom is -0.464 e. The summed E-state index contributed by atoms with van der Waals surface area (Å²) < 4.78 is 33.4. The third-order valence-electron chi connectivity index (χ3n) is 4.58. The van der Waals surface area contributed by atoms with E-state index < -0.39 is 10.0 Å². The lowest BCUT2D eigenvalue weighted by Gasteiger charge is -2.32. The van der Waals surface area contributed by atoms with Crippen molar-refractivity contribution in [2.24, 2.45) is 5.73 Å². The highest BCUT2D eigenvalue weighted by Crippen LogP contribution is 2.29. The van der Waals surface area contributed by atoms with Crippen LogP contribution in [0.15, 0.2) is 15.4 Å². The van der Waals surface area contributed by atoms with Crippen LogP contribution in [0.4, 0.5) is 0 Å². The average molecular weight is 313 g/mol. The number of rotatable bonds is 4. The van der Waals surface area contributed by atoms with Crippen LogP contribution >= 0.6 is 0 Å². The third-order valence-corrected chi connectivity index (χ3v) is 6.17. The predicted molar refractivity (Wildman–Crippen MR) is 79.3 cm³/mol. The predicted octanol–water partition coefficient (Wildman–Crippen LogP) is 0.952. The molecular formula is C14H23N3O3S. The molecule has 2 atom stereocenters. The topological polar surface area (TPSA) is 88.6 Å². The quantitative estimate of drug-likeness (QED) is 0.864. The van der Waals surface area contributed by atoms with Crippen molar-refractivity contribution < 1.29 is 12.8 Å². The number of nitrogens with one attached hydrogen (secondary N) is 1. The Hall–Kier alpha value is -0.890. The molecule has 2 unspecified atom stereocenters. The number of piperidine rings is 1. The SMILES string of the molecule is Cc1oc(CN)cc1S(=O)(=O)NC1CCN2CCCCC12. The van der Waals surface area contributed by atoms with Crippen molar-refractivity contribution >= 4 is 10.0 Å². The summed E-state index contributed by atoms with van der Waals surface area (Å²) in [7, 11) is -3.54. The fourth-order valence-corrected chi connectivity index (χ4v) is 5.05. The third kappa shape index (κ3) is 2.88. The second-order valence-electron chi connectivity index (χ2n) is 5.95. The Labute approximate surface area is 125 Å². The average Bonchev–Trinajstić information content (AvgIpc) is 3.03. The van der Waals surface area contributed by atoms with E-state index in [-0.39, 0.29) is 17.5 Å². The maximum absolute atomic E-state index is 12.6. The standard InChI is InChI=1S/C14H23N3O3S/c1-10-14(8-11(9-15)20-10)21(18,19)16-12-5-7-17-6-3-2-4-13(12)17/h8,12-13,16H,2-7,9,15H2,1H3. The van der Waals surface area contributed by atoms with Gasteiger partial charge in [0, 0.05) is 24.7 Å². The summed E-state index contributed by atoms with van der Waals surface area (Å²) in [4.78, 5) is 2.63. The first-order valence-electron chi connectivity index (χ1n) is 7.57. The number of furan rings is 1. The van der Waals surface area contributed by atoms with Gasteiger partial charge in [0.25, 0.3) is 0 Å². The van der Waals surface area contributed by atoms with Gasteiger partial charge in [-0.25, -0.2) is 13.1 Å². The van der Waals surface area contributed by atoms with E-state index in [0.29, 0.717) is 17.6 Å². The molecule has 3 heterocycles. The first-order valence-corrected chi connectivity index (χ1v) is 9.05. The zero-order chi connectivity index (χ0) is 15.0. The molecule has 3 rings (SSSR count). The summed E-state index contributed by atoms with van der Waals surface area (Å²) in [5.74, 6) is 0.903. The molecule has 118 valence electrons. The van der Waals surface area contributed by atoms with E-state index in [0.717, 1.165) is 25.9 Å². The number of sulfonamides is 1. The zero-order valence-electron chi connectivity index (χ0n) is 12.3. The summed E-state index contributed by atoms with van der Waals surface area (Å²) in [6.07, 6.45) is 4.36. The van der Waals surface area contributed by atoms with Crippen LogP contribution in [0.1, 0.15) is 37.2 Å². The molecule has 1 aromatic heterocycles. The van der Waals surface area contributed by atoms with Gasteiger partial charge in [-0.3, -0.25) is 4.90 Å². The van der Waals surface area contributed by atoms with Crippen LogP contribution < -0.4 is 10.5 Å². The van der Waals surface area contributed by atoms with Crippen molar-refractivity contribution in [3.05, 3.63) is 17.6 Å². The van der Waals surface area contributed by atoms with Gasteiger partial charge < -0.3 is 10.2 Å². The molecule has 21 heavy (non-hydrogen) atoms. The second kappa shape index (κ2) is 5.72. The number of nitrogens with zero attached hydrogens (tertiary/aromatic N) is 1. The van der Waals surface area contributed by atoms with Gasteiger partial charge in [-0.15, -0.1) is 0 Å². The van der Waals surface area contributed by atoms with Crippen LogP contribution in [0.5, 0.6) is 0 Å². The van der Waals surface area contributed by atoms with Gasteiger partial charge in [-0.2, -0.15) is 0 Å². The fraction of sp³-hybridized carbons (Fsp3) is 0.714. The molecule has 6 nitrogen and oxygen atoms in total. The summed E-state index contributed by atoms with van der Waals surface area (Å²) in [5, 5.41) is 0. The Morgan fingerprint density at radius 3 is 2.90 bits per heavy atom. The molecule has 0 spiro atoms. The molecule has 0 bridgehead atoms. The molecule has 0 aromatic carbocycles. The van der Waals surface area contributed by atoms with Gasteiger partial charge in [0.1, 0.15) is 16.4 Å². The van der Waals surface area contributed by atoms with E-state index in [1.165, 1.54) is 18.9 Å². The van der Waals surface area contributed by atoms with Crippen LogP contribution in [0.25, 0.3) is 0 Å². The Morgan fingerprint density at radius 2 is 2.19 bits per heavy atom. The molecule has 7 heteroatoms. The Kier molecular flexibility index (Phi) is 4.09. The Balaban J connectivity index is 1.78. The highest BCUT2D eigenvalue weighted by atomic mass is 32.2. The molecule has 2 fully saturated rings. The van der Waals surface area contributed by atoms with Crippen LogP contribution in [0.2, 0.25) is 0 Å². The number of hydrogen-bond acceptors (Lipinski definition) is 5. The Bertz CT molecular complexity index is 611. The molecule has 0 radical (unpaired) electrons. The molecule has 2 aliphatic rings. The van der Waals surface area contributed by atoms with Crippen molar-refractivity contribution in [2.45, 2.75) is 56.1 Å². The van der Waals surface area contributed by atoms with Crippen LogP contribution in [0, 0.1) is 6.92 Å². The minimum atomic E-state index is -3.54. The Morgan fingerprint density at radius 1 is 1.38 bits per heavy atom. The number of nitrogens with two attached hydrogens (primary N) is 1. The first-order chi connectivity index (χ1) is 10.0. The van der Waals surface area contributed by atoms with Crippen molar-refractivity contribution in [3.8, 4) is 0 Å². The van der Waals surface area contributed by atoms with Gasteiger partial charge in [-0.1, -0.05) is 6.42 Å². The second-order valence-corrected chi connectivity index (χ2v) is 7.64. The van der Waals surface area contributed by atoms with E-state index in [9.17, 15) is 8.42 Å². The summed E-state index contributed by atoms with van der Waals surface area (Å²) in [5.41, 5.74) is 5.51. The van der Waals surface area contributed by atoms with Gasteiger partial charge >= 0.3 is 0 Å². The van der Waals surface area contributed by atoms with Crippen molar-refractivity contribution in [3.63, 3.8) is 0 Å². The molecule has 0 saturated carbocycles. The van der Waals surface area contributed by atoms with Crippen molar-refractivity contribution in [1.29, 1.82) is 0 Å². The maximum Gasteiger partial charge on any atom is 0.244 e. The van der Waals surface area contributed by atoms with Gasteiger partial charge in [0.05, 0.1) is 6.54 Å². The maximum atomic E-state index is 12.6. The molecule has 0 amide bonds. The van der Waals surface area contributed by atoms with Gasteiger partial charge in [-0.05, 0) is 32.7 Å². The number of aryl methyl sites for hydroxylation is 1. The summed E-state index contributed by atoms with van der Waals surface area (Å²) >= 11 is 0. The van der Waals surface area contributed by atoms with E-state index >= 15 is 0 Å². The normalized spacial score (nSPS) is 27.0. The highest BCUT2D eigenvalue weighted by molar-refractivity contribution is 7.89. The smallest absolute Gasteiger partial charge is 0.244 e. The van der Waals surface area contributed by atoms with Crippen molar-refractivity contribution in [1.82, 2.24) is 9.62 Å². The molecule has 1 aromatic rings. The van der Waals surface area contributed by atoms with E-state index in [4.69, 9.17) is 10.2 Å². The lowest BCUT2D eigenvalue weighted by atomic mass is 10.00. The van der Waals surface area contributed by atoms with Gasteiger partial charge in [0.15, 0.2) is 0 Å². The molecule has 2 aliphatic heterocycles. The molecule has 0 aliphatic carbocycles. The summed E-state index contributed by atoms with van der Waals surface area (Å²) in [6, 6.07) is 1.88. The van der Waals surface area contributed by atoms with E-state index in [1.807, 2.05) is 0 Å². The first kappa shape index (κ1) is 15.0. The lowest BCUT2D eigenvalue weighted by molar-refractivity contribution is 0.186.